The molecular formula is C10H15Cl2N5O. The van der Waals surface area contributed by atoms with Gasteiger partial charge in [-0.2, -0.15) is 0 Å². The third kappa shape index (κ3) is 4.21. The van der Waals surface area contributed by atoms with E-state index in [1.54, 1.807) is 0 Å². The van der Waals surface area contributed by atoms with Crippen molar-refractivity contribution in [2.75, 3.05) is 23.8 Å². The predicted molar refractivity (Wildman–Crippen MR) is 73.9 cm³/mol. The van der Waals surface area contributed by atoms with Crippen LogP contribution >= 0.6 is 23.2 Å². The van der Waals surface area contributed by atoms with Crippen molar-refractivity contribution >= 4 is 40.7 Å². The topological polar surface area (TPSA) is 92.1 Å². The molecule has 18 heavy (non-hydrogen) atoms. The second-order valence-corrected chi connectivity index (χ2v) is 4.31. The lowest BCUT2D eigenvalue weighted by Crippen LogP contribution is -2.30. The number of nitrogens with one attached hydrogen (secondary N) is 3. The second kappa shape index (κ2) is 7.25. The lowest BCUT2D eigenvalue weighted by molar-refractivity contribution is -0.119. The zero-order chi connectivity index (χ0) is 13.5. The molecule has 6 nitrogen and oxygen atoms in total. The fourth-order valence-corrected chi connectivity index (χ4v) is 1.66. The molecule has 0 unspecified atom stereocenters. The van der Waals surface area contributed by atoms with Gasteiger partial charge in [0, 0.05) is 6.54 Å². The largest absolute Gasteiger partial charge is 0.360 e. The number of carbonyl (C=O) groups excluding carboxylic acids is 1. The van der Waals surface area contributed by atoms with Gasteiger partial charge in [-0.3, -0.25) is 4.79 Å². The third-order valence-electron chi connectivity index (χ3n) is 2.05. The summed E-state index contributed by atoms with van der Waals surface area (Å²) in [7, 11) is 0. The maximum absolute atomic E-state index is 11.4. The van der Waals surface area contributed by atoms with Crippen LogP contribution in [0.5, 0.6) is 0 Å². The molecule has 1 heterocycles. The van der Waals surface area contributed by atoms with Crippen molar-refractivity contribution < 1.29 is 4.79 Å². The minimum absolute atomic E-state index is 0.0817. The van der Waals surface area contributed by atoms with E-state index >= 15 is 0 Å². The number of nitrogen functional groups attached to an aromatic ring is 1. The van der Waals surface area contributed by atoms with Gasteiger partial charge >= 0.3 is 0 Å². The Hall–Kier alpha value is -1.24. The summed E-state index contributed by atoms with van der Waals surface area (Å²) in [5, 5.41) is 6.17. The van der Waals surface area contributed by atoms with Gasteiger partial charge in [0.2, 0.25) is 5.91 Å². The number of pyridine rings is 1. The lowest BCUT2D eigenvalue weighted by Gasteiger charge is -2.10. The SMILES string of the molecule is CCCNC(=O)CNc1nc(NN)c(Cl)cc1Cl. The first-order chi connectivity index (χ1) is 8.58. The fraction of sp³-hybridized carbons (Fsp3) is 0.400. The van der Waals surface area contributed by atoms with Gasteiger partial charge in [-0.25, -0.2) is 10.8 Å². The number of anilines is 2. The van der Waals surface area contributed by atoms with Crippen LogP contribution in [-0.4, -0.2) is 24.0 Å². The summed E-state index contributed by atoms with van der Waals surface area (Å²) in [4.78, 5) is 15.4. The molecule has 0 aliphatic heterocycles. The average molecular weight is 292 g/mol. The highest BCUT2D eigenvalue weighted by atomic mass is 35.5. The summed E-state index contributed by atoms with van der Waals surface area (Å²) >= 11 is 11.8. The Morgan fingerprint density at radius 1 is 1.39 bits per heavy atom. The minimum atomic E-state index is -0.132. The Labute approximate surface area is 115 Å². The molecule has 0 spiro atoms. The number of amides is 1. The molecule has 1 aromatic rings. The molecule has 0 aliphatic carbocycles. The van der Waals surface area contributed by atoms with Crippen LogP contribution in [0.4, 0.5) is 11.6 Å². The van der Waals surface area contributed by atoms with E-state index in [0.29, 0.717) is 22.4 Å². The summed E-state index contributed by atoms with van der Waals surface area (Å²) < 4.78 is 0. The van der Waals surface area contributed by atoms with E-state index in [-0.39, 0.29) is 18.3 Å². The molecule has 0 aromatic carbocycles. The molecule has 0 fully saturated rings. The highest BCUT2D eigenvalue weighted by Gasteiger charge is 2.09. The standard InChI is InChI=1S/C10H15Cl2N5O/c1-2-3-14-8(18)5-15-9-6(11)4-7(12)10(16-9)17-13/h4H,2-3,5,13H2,1H3,(H,14,18)(H2,15,16,17). The Balaban J connectivity index is 2.64. The zero-order valence-electron chi connectivity index (χ0n) is 9.89. The number of hydrogen-bond donors (Lipinski definition) is 4. The van der Waals surface area contributed by atoms with Gasteiger partial charge in [0.25, 0.3) is 0 Å². The first kappa shape index (κ1) is 14.8. The van der Waals surface area contributed by atoms with E-state index in [1.165, 1.54) is 6.07 Å². The summed E-state index contributed by atoms with van der Waals surface area (Å²) in [5.74, 6) is 5.75. The Kier molecular flexibility index (Phi) is 5.97. The highest BCUT2D eigenvalue weighted by molar-refractivity contribution is 6.37. The van der Waals surface area contributed by atoms with Crippen LogP contribution in [-0.2, 0) is 4.79 Å². The molecule has 0 radical (unpaired) electrons. The molecule has 0 saturated heterocycles. The van der Waals surface area contributed by atoms with E-state index in [9.17, 15) is 4.79 Å². The first-order valence-corrected chi connectivity index (χ1v) is 6.17. The number of nitrogens with two attached hydrogens (primary N) is 1. The summed E-state index contributed by atoms with van der Waals surface area (Å²) in [5.41, 5.74) is 2.34. The van der Waals surface area contributed by atoms with E-state index in [4.69, 9.17) is 29.0 Å². The molecule has 0 atom stereocenters. The molecule has 1 rings (SSSR count). The fourth-order valence-electron chi connectivity index (χ4n) is 1.18. The van der Waals surface area contributed by atoms with E-state index in [0.717, 1.165) is 6.42 Å². The second-order valence-electron chi connectivity index (χ2n) is 3.50. The molecule has 1 amide bonds. The monoisotopic (exact) mass is 291 g/mol. The van der Waals surface area contributed by atoms with Crippen molar-refractivity contribution in [1.29, 1.82) is 0 Å². The Morgan fingerprint density at radius 3 is 2.67 bits per heavy atom. The van der Waals surface area contributed by atoms with Crippen LogP contribution in [0.15, 0.2) is 6.07 Å². The van der Waals surface area contributed by atoms with E-state index < -0.39 is 0 Å². The van der Waals surface area contributed by atoms with Crippen molar-refractivity contribution in [2.45, 2.75) is 13.3 Å². The van der Waals surface area contributed by atoms with Crippen molar-refractivity contribution in [2.24, 2.45) is 5.84 Å². The van der Waals surface area contributed by atoms with Gasteiger partial charge in [0.1, 0.15) is 5.82 Å². The summed E-state index contributed by atoms with van der Waals surface area (Å²) in [6.45, 7) is 2.70. The first-order valence-electron chi connectivity index (χ1n) is 5.41. The number of hydrogen-bond acceptors (Lipinski definition) is 5. The van der Waals surface area contributed by atoms with Gasteiger partial charge < -0.3 is 16.1 Å². The quantitative estimate of drug-likeness (QED) is 0.472. The smallest absolute Gasteiger partial charge is 0.239 e. The van der Waals surface area contributed by atoms with Gasteiger partial charge in [0.05, 0.1) is 16.6 Å². The van der Waals surface area contributed by atoms with Gasteiger partial charge in [-0.1, -0.05) is 30.1 Å². The lowest BCUT2D eigenvalue weighted by atomic mass is 10.4. The molecule has 1 aromatic heterocycles. The van der Waals surface area contributed by atoms with Crippen molar-refractivity contribution in [1.82, 2.24) is 10.3 Å². The van der Waals surface area contributed by atoms with Crippen molar-refractivity contribution in [3.05, 3.63) is 16.1 Å². The Morgan fingerprint density at radius 2 is 2.06 bits per heavy atom. The number of nitrogens with zero attached hydrogens (tertiary/aromatic N) is 1. The van der Waals surface area contributed by atoms with Crippen molar-refractivity contribution in [3.8, 4) is 0 Å². The van der Waals surface area contributed by atoms with E-state index in [2.05, 4.69) is 21.0 Å². The maximum Gasteiger partial charge on any atom is 0.239 e. The molecule has 100 valence electrons. The number of hydrazine groups is 1. The minimum Gasteiger partial charge on any atom is -0.360 e. The number of carbonyl (C=O) groups is 1. The maximum atomic E-state index is 11.4. The van der Waals surface area contributed by atoms with E-state index in [1.807, 2.05) is 6.92 Å². The molecule has 0 aliphatic rings. The van der Waals surface area contributed by atoms with Gasteiger partial charge in [-0.15, -0.1) is 0 Å². The van der Waals surface area contributed by atoms with Crippen LogP contribution in [0.25, 0.3) is 0 Å². The van der Waals surface area contributed by atoms with Gasteiger partial charge in [-0.05, 0) is 12.5 Å². The zero-order valence-corrected chi connectivity index (χ0v) is 11.4. The molecule has 0 bridgehead atoms. The highest BCUT2D eigenvalue weighted by Crippen LogP contribution is 2.28. The van der Waals surface area contributed by atoms with Gasteiger partial charge in [0.15, 0.2) is 5.82 Å². The molecule has 5 N–H and O–H groups in total. The van der Waals surface area contributed by atoms with Crippen LogP contribution in [0.1, 0.15) is 13.3 Å². The number of rotatable bonds is 6. The summed E-state index contributed by atoms with van der Waals surface area (Å²) in [6.07, 6.45) is 0.882. The van der Waals surface area contributed by atoms with Crippen molar-refractivity contribution in [3.63, 3.8) is 0 Å². The van der Waals surface area contributed by atoms with Crippen LogP contribution < -0.4 is 21.9 Å². The molecular weight excluding hydrogens is 277 g/mol. The molecule has 8 heteroatoms. The normalized spacial score (nSPS) is 10.0. The Bertz CT molecular complexity index is 427. The van der Waals surface area contributed by atoms with Crippen LogP contribution in [0, 0.1) is 0 Å². The predicted octanol–water partition coefficient (Wildman–Crippen LogP) is 1.61. The third-order valence-corrected chi connectivity index (χ3v) is 2.63. The molecule has 0 saturated carbocycles. The van der Waals surface area contributed by atoms with Crippen LogP contribution in [0.3, 0.4) is 0 Å². The average Bonchev–Trinajstić information content (AvgIpc) is 2.35. The van der Waals surface area contributed by atoms with Crippen LogP contribution in [0.2, 0.25) is 10.0 Å². The number of aromatic nitrogens is 1. The summed E-state index contributed by atoms with van der Waals surface area (Å²) in [6, 6.07) is 1.50. The number of halogens is 2.